The lowest BCUT2D eigenvalue weighted by Gasteiger charge is -2.09. The van der Waals surface area contributed by atoms with E-state index in [2.05, 4.69) is 283 Å². The summed E-state index contributed by atoms with van der Waals surface area (Å²) in [5.74, 6) is 0.573. The molecule has 0 nitrogen and oxygen atoms in total. The van der Waals surface area contributed by atoms with Crippen LogP contribution in [0, 0.1) is 13.8 Å². The summed E-state index contributed by atoms with van der Waals surface area (Å²) in [5, 5.41) is 0. The molecule has 0 aliphatic rings. The highest BCUT2D eigenvalue weighted by Crippen LogP contribution is 2.34. The van der Waals surface area contributed by atoms with Crippen LogP contribution >= 0.6 is 0 Å². The summed E-state index contributed by atoms with van der Waals surface area (Å²) in [7, 11) is -0.101. The Morgan fingerprint density at radius 3 is 0.843 bits per heavy atom. The van der Waals surface area contributed by atoms with E-state index in [1.54, 1.807) is 0 Å². The van der Waals surface area contributed by atoms with Crippen LogP contribution in [-0.4, -0.2) is 0 Å². The van der Waals surface area contributed by atoms with E-state index in [9.17, 15) is 0 Å². The van der Waals surface area contributed by atoms with Crippen molar-refractivity contribution >= 4 is 32.7 Å². The number of rotatable bonds is 17. The zero-order valence-corrected chi connectivity index (χ0v) is 44.4. The number of aryl methyl sites for hydroxylation is 3. The molecule has 9 rings (SSSR count). The highest BCUT2D eigenvalue weighted by molar-refractivity contribution is 7.97. The van der Waals surface area contributed by atoms with Crippen LogP contribution < -0.4 is 0 Å². The molecule has 3 heteroatoms. The van der Waals surface area contributed by atoms with Crippen molar-refractivity contribution in [3.8, 4) is 0 Å². The first-order valence-electron chi connectivity index (χ1n) is 25.2. The first-order valence-corrected chi connectivity index (χ1v) is 28.9. The van der Waals surface area contributed by atoms with Gasteiger partial charge in [-0.1, -0.05) is 204 Å². The number of unbranched alkanes of at least 4 members (excludes halogenated alkanes) is 5. The van der Waals surface area contributed by atoms with E-state index in [0.29, 0.717) is 5.92 Å². The van der Waals surface area contributed by atoms with Crippen molar-refractivity contribution in [2.45, 2.75) is 130 Å². The third kappa shape index (κ3) is 15.5. The minimum Gasteiger partial charge on any atom is -0.0654 e. The summed E-state index contributed by atoms with van der Waals surface area (Å²) >= 11 is 0. The maximum atomic E-state index is 2.34. The Labute approximate surface area is 430 Å². The van der Waals surface area contributed by atoms with Gasteiger partial charge in [0.2, 0.25) is 0 Å². The van der Waals surface area contributed by atoms with Crippen LogP contribution in [0.1, 0.15) is 87.5 Å². The fraction of sp³-hybridized carbons (Fsp3) is 0.194. The van der Waals surface area contributed by atoms with E-state index in [0.717, 1.165) is 0 Å². The Kier molecular flexibility index (Phi) is 20.8. The summed E-state index contributed by atoms with van der Waals surface area (Å²) in [4.78, 5) is 12.4. The van der Waals surface area contributed by atoms with Gasteiger partial charge in [0.15, 0.2) is 44.1 Å². The van der Waals surface area contributed by atoms with Crippen molar-refractivity contribution < 1.29 is 0 Å². The highest BCUT2D eigenvalue weighted by atomic mass is 32.2. The molecule has 9 aromatic carbocycles. The molecule has 0 radical (unpaired) electrons. The topological polar surface area (TPSA) is 0 Å². The smallest absolute Gasteiger partial charge is 0.0654 e. The van der Waals surface area contributed by atoms with Gasteiger partial charge in [0.05, 0.1) is 32.7 Å². The van der Waals surface area contributed by atoms with Crippen LogP contribution in [-0.2, 0) is 39.1 Å². The Bertz CT molecular complexity index is 2670. The van der Waals surface area contributed by atoms with Crippen LogP contribution in [0.2, 0.25) is 0 Å². The van der Waals surface area contributed by atoms with Crippen molar-refractivity contribution in [1.29, 1.82) is 0 Å². The predicted octanol–water partition coefficient (Wildman–Crippen LogP) is 19.0. The molecule has 0 bridgehead atoms. The highest BCUT2D eigenvalue weighted by Gasteiger charge is 2.30. The molecule has 9 aromatic rings. The summed E-state index contributed by atoms with van der Waals surface area (Å²) in [6.07, 6.45) is 9.37. The lowest BCUT2D eigenvalue weighted by molar-refractivity contribution is 0.607. The van der Waals surface area contributed by atoms with E-state index in [1.165, 1.54) is 111 Å². The van der Waals surface area contributed by atoms with Crippen molar-refractivity contribution in [3.63, 3.8) is 0 Å². The molecule has 354 valence electrons. The summed E-state index contributed by atoms with van der Waals surface area (Å²) < 4.78 is 0. The zero-order valence-electron chi connectivity index (χ0n) is 41.9. The fourth-order valence-corrected chi connectivity index (χ4v) is 14.5. The lowest BCUT2D eigenvalue weighted by Crippen LogP contribution is -2.04. The molecule has 0 aromatic heterocycles. The normalized spacial score (nSPS) is 11.0. The predicted molar refractivity (Wildman–Crippen MR) is 305 cm³/mol. The molecule has 0 saturated heterocycles. The molecule has 0 atom stereocenters. The zero-order chi connectivity index (χ0) is 48.8. The monoisotopic (exact) mass is 971 g/mol. The van der Waals surface area contributed by atoms with Crippen LogP contribution in [0.15, 0.2) is 293 Å². The van der Waals surface area contributed by atoms with Crippen molar-refractivity contribution in [1.82, 2.24) is 0 Å². The lowest BCUT2D eigenvalue weighted by atomic mass is 10.0. The Hall–Kier alpha value is -5.97. The standard InChI is InChI=1S/C26H31S.C21H21S.C20H19S/c1-2-3-4-5-6-9-14-23-19-21-26(22-20-23)27(24-15-10-7-11-16-24)25-17-12-8-13-18-25;1-17(2)18-13-15-21(16-14-18)22(19-9-5-3-6-10-19)20-11-7-4-8-12-20;1-16-8-12-19(13-9-16)21(18-6-4-3-5-7-18)20-14-10-17(2)11-15-20/h7-8,10-13,15-22H,2-6,9,14H2,1H3;3-17H,1-2H3;3-15H,1-2H3/q3*+1. The average molecular weight is 973 g/mol. The molecule has 0 spiro atoms. The van der Waals surface area contributed by atoms with Crippen LogP contribution in [0.5, 0.6) is 0 Å². The van der Waals surface area contributed by atoms with Crippen LogP contribution in [0.3, 0.4) is 0 Å². The van der Waals surface area contributed by atoms with Crippen LogP contribution in [0.4, 0.5) is 0 Å². The first-order chi connectivity index (χ1) is 34.4. The second kappa shape index (κ2) is 28.0. The summed E-state index contributed by atoms with van der Waals surface area (Å²) in [6, 6.07) is 90.4. The van der Waals surface area contributed by atoms with E-state index in [-0.39, 0.29) is 32.7 Å². The van der Waals surface area contributed by atoms with Gasteiger partial charge in [-0.25, -0.2) is 0 Å². The van der Waals surface area contributed by atoms with Gasteiger partial charge in [-0.3, -0.25) is 0 Å². The Morgan fingerprint density at radius 2 is 0.543 bits per heavy atom. The van der Waals surface area contributed by atoms with Gasteiger partial charge in [-0.2, -0.15) is 0 Å². The largest absolute Gasteiger partial charge is 0.166 e. The SMILES string of the molecule is CC(C)c1ccc([S+](c2ccccc2)c2ccccc2)cc1.CCCCCCCCc1ccc([S+](c2ccccc2)c2ccccc2)cc1.Cc1ccc([S+](c2ccccc2)c2ccc(C)cc2)cc1. The van der Waals surface area contributed by atoms with Crippen LogP contribution in [0.25, 0.3) is 0 Å². The van der Waals surface area contributed by atoms with Crippen molar-refractivity contribution in [2.75, 3.05) is 0 Å². The second-order valence-corrected chi connectivity index (χ2v) is 24.1. The molecule has 0 fully saturated rings. The van der Waals surface area contributed by atoms with Gasteiger partial charge >= 0.3 is 0 Å². The summed E-state index contributed by atoms with van der Waals surface area (Å²) in [6.45, 7) is 11.0. The average Bonchev–Trinajstić information content (AvgIpc) is 3.41. The third-order valence-corrected chi connectivity index (χ3v) is 18.9. The molecule has 0 aliphatic heterocycles. The maximum absolute atomic E-state index is 2.34. The number of hydrogen-bond donors (Lipinski definition) is 0. The first kappa shape index (κ1) is 51.9. The van der Waals surface area contributed by atoms with Gasteiger partial charge in [0.1, 0.15) is 0 Å². The van der Waals surface area contributed by atoms with Gasteiger partial charge < -0.3 is 0 Å². The molecule has 0 heterocycles. The van der Waals surface area contributed by atoms with Crippen molar-refractivity contribution in [3.05, 3.63) is 271 Å². The molecule has 0 saturated carbocycles. The quantitative estimate of drug-likeness (QED) is 0.0630. The Morgan fingerprint density at radius 1 is 0.286 bits per heavy atom. The molecule has 0 unspecified atom stereocenters. The molecule has 0 N–H and O–H groups in total. The van der Waals surface area contributed by atoms with E-state index in [1.807, 2.05) is 0 Å². The third-order valence-electron chi connectivity index (χ3n) is 12.2. The van der Waals surface area contributed by atoms with E-state index in [4.69, 9.17) is 0 Å². The van der Waals surface area contributed by atoms with Gasteiger partial charge in [-0.15, -0.1) is 0 Å². The minimum absolute atomic E-state index is 0.0312. The summed E-state index contributed by atoms with van der Waals surface area (Å²) in [5.41, 5.74) is 5.48. The molecular weight excluding hydrogens is 901 g/mol. The molecule has 0 aliphatic carbocycles. The van der Waals surface area contributed by atoms with E-state index >= 15 is 0 Å². The molecule has 0 amide bonds. The molecule has 70 heavy (non-hydrogen) atoms. The van der Waals surface area contributed by atoms with E-state index < -0.39 is 0 Å². The maximum Gasteiger partial charge on any atom is 0.166 e. The second-order valence-electron chi connectivity index (χ2n) is 18.0. The minimum atomic E-state index is -0.0361. The molecular formula is C67H71S3+3. The fourth-order valence-electron chi connectivity index (χ4n) is 8.25. The van der Waals surface area contributed by atoms with Gasteiger partial charge in [0, 0.05) is 0 Å². The number of hydrogen-bond acceptors (Lipinski definition) is 0. The van der Waals surface area contributed by atoms with Gasteiger partial charge in [0.25, 0.3) is 0 Å². The number of benzene rings is 9. The Balaban J connectivity index is 0.000000156. The van der Waals surface area contributed by atoms with Crippen molar-refractivity contribution in [2.24, 2.45) is 0 Å². The van der Waals surface area contributed by atoms with Gasteiger partial charge in [-0.05, 0) is 153 Å².